The van der Waals surface area contributed by atoms with Crippen molar-refractivity contribution in [1.29, 1.82) is 0 Å². The molecule has 1 atom stereocenters. The van der Waals surface area contributed by atoms with Crippen molar-refractivity contribution in [1.82, 2.24) is 14.9 Å². The Kier molecular flexibility index (Phi) is 5.05. The summed E-state index contributed by atoms with van der Waals surface area (Å²) >= 11 is 1.78. The van der Waals surface area contributed by atoms with Crippen LogP contribution < -0.4 is 5.32 Å². The van der Waals surface area contributed by atoms with Gasteiger partial charge in [-0.1, -0.05) is 6.92 Å². The molecule has 5 heteroatoms. The quantitative estimate of drug-likeness (QED) is 0.887. The van der Waals surface area contributed by atoms with Crippen molar-refractivity contribution in [3.05, 3.63) is 40.0 Å². The summed E-state index contributed by atoms with van der Waals surface area (Å²) in [7, 11) is 0. The number of thiazole rings is 1. The van der Waals surface area contributed by atoms with Gasteiger partial charge in [0.25, 0.3) is 0 Å². The van der Waals surface area contributed by atoms with Gasteiger partial charge in [-0.25, -0.2) is 9.97 Å². The lowest BCUT2D eigenvalue weighted by Gasteiger charge is -2.15. The van der Waals surface area contributed by atoms with Crippen LogP contribution in [0.3, 0.4) is 0 Å². The number of nitrogens with one attached hydrogen (secondary N) is 1. The number of nitrogens with zero attached hydrogens (tertiary/aromatic N) is 3. The van der Waals surface area contributed by atoms with Crippen LogP contribution in [0.2, 0.25) is 0 Å². The number of aromatic nitrogens is 2. The van der Waals surface area contributed by atoms with E-state index in [2.05, 4.69) is 45.5 Å². The van der Waals surface area contributed by atoms with E-state index in [1.54, 1.807) is 11.3 Å². The Hall–Kier alpha value is -1.46. The average Bonchev–Trinajstić information content (AvgIpc) is 3.15. The fraction of sp³-hybridized carbons (Fsp3) is 0.529. The number of anilines is 1. The van der Waals surface area contributed by atoms with E-state index in [9.17, 15) is 0 Å². The molecule has 118 valence electrons. The van der Waals surface area contributed by atoms with E-state index >= 15 is 0 Å². The molecule has 1 aliphatic heterocycles. The average molecular weight is 316 g/mol. The maximum Gasteiger partial charge on any atom is 0.126 e. The Balaban J connectivity index is 1.46. The first kappa shape index (κ1) is 15.4. The van der Waals surface area contributed by atoms with Gasteiger partial charge in [-0.05, 0) is 49.9 Å². The van der Waals surface area contributed by atoms with Crippen LogP contribution in [0, 0.1) is 12.8 Å². The van der Waals surface area contributed by atoms with Crippen LogP contribution in [0.1, 0.15) is 29.6 Å². The lowest BCUT2D eigenvalue weighted by atomic mass is 10.1. The maximum atomic E-state index is 4.67. The summed E-state index contributed by atoms with van der Waals surface area (Å²) in [4.78, 5) is 11.6. The molecule has 1 aliphatic rings. The second-order valence-corrected chi connectivity index (χ2v) is 7.02. The molecule has 0 aliphatic carbocycles. The van der Waals surface area contributed by atoms with Gasteiger partial charge in [-0.15, -0.1) is 11.3 Å². The van der Waals surface area contributed by atoms with Gasteiger partial charge in [-0.3, -0.25) is 4.90 Å². The molecule has 3 rings (SSSR count). The number of rotatable bonds is 6. The fourth-order valence-corrected chi connectivity index (χ4v) is 3.65. The minimum absolute atomic E-state index is 0.701. The highest BCUT2D eigenvalue weighted by Gasteiger charge is 2.22. The van der Waals surface area contributed by atoms with Gasteiger partial charge in [0.15, 0.2) is 0 Å². The third-order valence-electron chi connectivity index (χ3n) is 4.14. The molecule has 2 aromatic heterocycles. The molecule has 0 aromatic carbocycles. The second kappa shape index (κ2) is 7.20. The number of aryl methyl sites for hydroxylation is 2. The Bertz CT molecular complexity index is 610. The van der Waals surface area contributed by atoms with Crippen molar-refractivity contribution in [3.8, 4) is 0 Å². The van der Waals surface area contributed by atoms with Crippen LogP contribution in [0.15, 0.2) is 23.7 Å². The van der Waals surface area contributed by atoms with Crippen molar-refractivity contribution >= 4 is 17.2 Å². The zero-order chi connectivity index (χ0) is 15.4. The minimum atomic E-state index is 0.701. The van der Waals surface area contributed by atoms with E-state index in [0.29, 0.717) is 5.92 Å². The van der Waals surface area contributed by atoms with Gasteiger partial charge in [0.05, 0.1) is 10.7 Å². The Morgan fingerprint density at radius 3 is 3.14 bits per heavy atom. The zero-order valence-electron chi connectivity index (χ0n) is 13.4. The summed E-state index contributed by atoms with van der Waals surface area (Å²) in [6.07, 6.45) is 4.16. The Morgan fingerprint density at radius 1 is 1.45 bits per heavy atom. The lowest BCUT2D eigenvalue weighted by Crippen LogP contribution is -2.23. The van der Waals surface area contributed by atoms with Gasteiger partial charge >= 0.3 is 0 Å². The molecule has 1 fully saturated rings. The number of likely N-dealkylation sites (tertiary alicyclic amines) is 1. The first-order chi connectivity index (χ1) is 10.7. The van der Waals surface area contributed by atoms with Crippen LogP contribution >= 0.6 is 11.3 Å². The van der Waals surface area contributed by atoms with Gasteiger partial charge in [0.2, 0.25) is 0 Å². The van der Waals surface area contributed by atoms with Crippen LogP contribution in [0.25, 0.3) is 0 Å². The summed E-state index contributed by atoms with van der Waals surface area (Å²) in [6, 6.07) is 4.13. The van der Waals surface area contributed by atoms with E-state index in [1.807, 2.05) is 12.3 Å². The van der Waals surface area contributed by atoms with Crippen molar-refractivity contribution in [3.63, 3.8) is 0 Å². The van der Waals surface area contributed by atoms with Crippen LogP contribution in [-0.4, -0.2) is 34.5 Å². The first-order valence-electron chi connectivity index (χ1n) is 8.05. The Morgan fingerprint density at radius 2 is 2.36 bits per heavy atom. The molecule has 0 saturated carbocycles. The normalized spacial score (nSPS) is 18.7. The summed E-state index contributed by atoms with van der Waals surface area (Å²) in [5, 5.41) is 6.93. The van der Waals surface area contributed by atoms with Crippen molar-refractivity contribution in [2.45, 2.75) is 33.2 Å². The molecular formula is C17H24N4S. The van der Waals surface area contributed by atoms with E-state index in [0.717, 1.165) is 31.9 Å². The monoisotopic (exact) mass is 316 g/mol. The van der Waals surface area contributed by atoms with Crippen LogP contribution in [0.4, 0.5) is 5.82 Å². The summed E-state index contributed by atoms with van der Waals surface area (Å²) in [6.45, 7) is 8.59. The van der Waals surface area contributed by atoms with E-state index in [1.165, 1.54) is 29.2 Å². The third-order valence-corrected chi connectivity index (χ3v) is 5.19. The number of hydrogen-bond donors (Lipinski definition) is 1. The molecule has 3 heterocycles. The minimum Gasteiger partial charge on any atom is -0.370 e. The topological polar surface area (TPSA) is 41.1 Å². The molecule has 0 radical (unpaired) electrons. The van der Waals surface area contributed by atoms with Gasteiger partial charge in [-0.2, -0.15) is 0 Å². The van der Waals surface area contributed by atoms with Crippen molar-refractivity contribution in [2.24, 2.45) is 5.92 Å². The number of pyridine rings is 1. The van der Waals surface area contributed by atoms with Crippen LogP contribution in [0.5, 0.6) is 0 Å². The molecule has 1 saturated heterocycles. The Labute approximate surface area is 136 Å². The smallest absolute Gasteiger partial charge is 0.126 e. The van der Waals surface area contributed by atoms with Gasteiger partial charge < -0.3 is 5.32 Å². The molecule has 0 spiro atoms. The molecule has 1 N–H and O–H groups in total. The standard InChI is InChI=1S/C17H24N4S/c1-3-17-20-15(12-22-17)11-21-7-5-14(10-21)9-19-16-8-13(2)4-6-18-16/h4,6,8,12,14H,3,5,7,9-11H2,1-2H3,(H,18,19)/t14-/m1/s1. The zero-order valence-corrected chi connectivity index (χ0v) is 14.2. The summed E-state index contributed by atoms with van der Waals surface area (Å²) in [5.74, 6) is 1.69. The maximum absolute atomic E-state index is 4.67. The first-order valence-corrected chi connectivity index (χ1v) is 8.93. The van der Waals surface area contributed by atoms with Crippen molar-refractivity contribution in [2.75, 3.05) is 25.0 Å². The molecule has 0 bridgehead atoms. The molecular weight excluding hydrogens is 292 g/mol. The fourth-order valence-electron chi connectivity index (χ4n) is 2.92. The van der Waals surface area contributed by atoms with Crippen LogP contribution in [-0.2, 0) is 13.0 Å². The third kappa shape index (κ3) is 4.05. The highest BCUT2D eigenvalue weighted by molar-refractivity contribution is 7.09. The summed E-state index contributed by atoms with van der Waals surface area (Å²) < 4.78 is 0. The van der Waals surface area contributed by atoms with Gasteiger partial charge in [0, 0.05) is 31.2 Å². The highest BCUT2D eigenvalue weighted by atomic mass is 32.1. The summed E-state index contributed by atoms with van der Waals surface area (Å²) in [5.41, 5.74) is 2.48. The highest BCUT2D eigenvalue weighted by Crippen LogP contribution is 2.20. The molecule has 2 aromatic rings. The largest absolute Gasteiger partial charge is 0.370 e. The van der Waals surface area contributed by atoms with Crippen molar-refractivity contribution < 1.29 is 0 Å². The molecule has 0 unspecified atom stereocenters. The SMILES string of the molecule is CCc1nc(CN2CC[C@H](CNc3cc(C)ccn3)C2)cs1. The van der Waals surface area contributed by atoms with E-state index in [4.69, 9.17) is 0 Å². The predicted octanol–water partition coefficient (Wildman–Crippen LogP) is 3.34. The second-order valence-electron chi connectivity index (χ2n) is 6.08. The lowest BCUT2D eigenvalue weighted by molar-refractivity contribution is 0.315. The van der Waals surface area contributed by atoms with Gasteiger partial charge in [0.1, 0.15) is 5.82 Å². The van der Waals surface area contributed by atoms with E-state index in [-0.39, 0.29) is 0 Å². The number of hydrogen-bond acceptors (Lipinski definition) is 5. The molecule has 22 heavy (non-hydrogen) atoms. The van der Waals surface area contributed by atoms with E-state index < -0.39 is 0 Å². The molecule has 4 nitrogen and oxygen atoms in total. The molecule has 0 amide bonds. The predicted molar refractivity (Wildman–Crippen MR) is 92.3 cm³/mol.